The van der Waals surface area contributed by atoms with Crippen LogP contribution in [-0.2, 0) is 18.9 Å². The first kappa shape index (κ1) is 16.8. The highest BCUT2D eigenvalue weighted by Crippen LogP contribution is 2.39. The van der Waals surface area contributed by atoms with Crippen LogP contribution in [0, 0.1) is 0 Å². The highest BCUT2D eigenvalue weighted by atomic mass is 16.7. The van der Waals surface area contributed by atoms with Gasteiger partial charge in [0.1, 0.15) is 37.6 Å². The maximum Gasteiger partial charge on any atom is 0.338 e. The Hall–Kier alpha value is -2.70. The van der Waals surface area contributed by atoms with Gasteiger partial charge in [-0.05, 0) is 24.3 Å². The molecule has 0 aliphatic carbocycles. The van der Waals surface area contributed by atoms with Crippen LogP contribution in [0.1, 0.15) is 20.7 Å². The minimum atomic E-state index is -0.384. The molecule has 6 nitrogen and oxygen atoms in total. The molecule has 0 N–H and O–H groups in total. The van der Waals surface area contributed by atoms with Crippen LogP contribution in [0.15, 0.2) is 60.7 Å². The number of carbonyl (C=O) groups is 2. The molecule has 2 heterocycles. The van der Waals surface area contributed by atoms with E-state index in [1.54, 1.807) is 48.5 Å². The Kier molecular flexibility index (Phi) is 4.69. The average Bonchev–Trinajstić information content (AvgIpc) is 2.69. The van der Waals surface area contributed by atoms with E-state index in [9.17, 15) is 9.59 Å². The molecule has 4 rings (SSSR count). The Morgan fingerprint density at radius 3 is 1.42 bits per heavy atom. The second-order valence-corrected chi connectivity index (χ2v) is 6.21. The molecule has 0 amide bonds. The second kappa shape index (κ2) is 7.27. The molecule has 0 aromatic heterocycles. The normalized spacial score (nSPS) is 26.0. The van der Waals surface area contributed by atoms with Crippen LogP contribution < -0.4 is 0 Å². The van der Waals surface area contributed by atoms with Gasteiger partial charge in [0, 0.05) is 0 Å². The van der Waals surface area contributed by atoms with E-state index in [4.69, 9.17) is 18.9 Å². The molecule has 134 valence electrons. The van der Waals surface area contributed by atoms with Crippen molar-refractivity contribution in [1.29, 1.82) is 0 Å². The summed E-state index contributed by atoms with van der Waals surface area (Å²) in [6, 6.07) is 17.6. The lowest BCUT2D eigenvalue weighted by molar-refractivity contribution is -0.376. The summed E-state index contributed by atoms with van der Waals surface area (Å²) in [7, 11) is 0. The Labute approximate surface area is 150 Å². The summed E-state index contributed by atoms with van der Waals surface area (Å²) in [5.74, 6) is -0.768. The lowest BCUT2D eigenvalue weighted by Crippen LogP contribution is -2.72. The van der Waals surface area contributed by atoms with Gasteiger partial charge >= 0.3 is 11.9 Å². The molecule has 0 radical (unpaired) electrons. The summed E-state index contributed by atoms with van der Waals surface area (Å²) in [4.78, 5) is 23.8. The Balaban J connectivity index is 1.17. The molecule has 2 aliphatic rings. The SMILES string of the molecule is O=C(OC[C@@H]1O[C@H]2[C@H]1O[C@H]2COC(=O)c1ccccc1)c1ccccc1. The van der Waals surface area contributed by atoms with E-state index in [2.05, 4.69) is 0 Å². The number of fused-ring (bicyclic) bond motifs is 1. The van der Waals surface area contributed by atoms with E-state index in [1.807, 2.05) is 12.1 Å². The number of hydrogen-bond acceptors (Lipinski definition) is 6. The number of esters is 2. The zero-order chi connectivity index (χ0) is 17.9. The van der Waals surface area contributed by atoms with E-state index < -0.39 is 0 Å². The molecule has 2 saturated heterocycles. The van der Waals surface area contributed by atoms with Crippen molar-refractivity contribution < 1.29 is 28.5 Å². The standard InChI is InChI=1S/C20H18O6/c21-19(13-7-3-1-4-8-13)23-11-15-17-18(25-15)16(26-17)12-24-20(22)14-9-5-2-6-10-14/h1-10,15-18H,11-12H2/t15-,16-,17-,18+/m0/s1. The van der Waals surface area contributed by atoms with Gasteiger partial charge < -0.3 is 18.9 Å². The van der Waals surface area contributed by atoms with E-state index in [-0.39, 0.29) is 49.6 Å². The first-order valence-corrected chi connectivity index (χ1v) is 8.47. The molecule has 6 heteroatoms. The van der Waals surface area contributed by atoms with Crippen LogP contribution in [-0.4, -0.2) is 49.6 Å². The van der Waals surface area contributed by atoms with Gasteiger partial charge in [0.15, 0.2) is 0 Å². The highest BCUT2D eigenvalue weighted by molar-refractivity contribution is 5.89. The van der Waals surface area contributed by atoms with Gasteiger partial charge in [-0.15, -0.1) is 0 Å². The minimum Gasteiger partial charge on any atom is -0.459 e. The molecule has 0 spiro atoms. The highest BCUT2D eigenvalue weighted by Gasteiger charge is 2.58. The van der Waals surface area contributed by atoms with Crippen molar-refractivity contribution in [2.24, 2.45) is 0 Å². The summed E-state index contributed by atoms with van der Waals surface area (Å²) in [5.41, 5.74) is 1.01. The molecule has 26 heavy (non-hydrogen) atoms. The second-order valence-electron chi connectivity index (χ2n) is 6.21. The summed E-state index contributed by atoms with van der Waals surface area (Å²) < 4.78 is 21.9. The van der Waals surface area contributed by atoms with Crippen molar-refractivity contribution in [3.63, 3.8) is 0 Å². The van der Waals surface area contributed by atoms with Crippen LogP contribution in [0.2, 0.25) is 0 Å². The van der Waals surface area contributed by atoms with Crippen molar-refractivity contribution in [3.05, 3.63) is 71.8 Å². The largest absolute Gasteiger partial charge is 0.459 e. The topological polar surface area (TPSA) is 71.1 Å². The number of rotatable bonds is 6. The maximum atomic E-state index is 11.9. The predicted molar refractivity (Wildman–Crippen MR) is 90.8 cm³/mol. The molecule has 0 unspecified atom stereocenters. The van der Waals surface area contributed by atoms with Gasteiger partial charge in [-0.1, -0.05) is 36.4 Å². The van der Waals surface area contributed by atoms with Gasteiger partial charge in [0.05, 0.1) is 11.1 Å². The number of benzene rings is 2. The van der Waals surface area contributed by atoms with E-state index in [0.717, 1.165) is 0 Å². The average molecular weight is 354 g/mol. The number of carbonyl (C=O) groups excluding carboxylic acids is 2. The zero-order valence-corrected chi connectivity index (χ0v) is 13.9. The smallest absolute Gasteiger partial charge is 0.338 e. The Morgan fingerprint density at radius 1 is 0.692 bits per heavy atom. The summed E-state index contributed by atoms with van der Waals surface area (Å²) in [6.45, 7) is 0.289. The van der Waals surface area contributed by atoms with Gasteiger partial charge in [0.2, 0.25) is 0 Å². The Bertz CT molecular complexity index is 708. The van der Waals surface area contributed by atoms with Crippen molar-refractivity contribution >= 4 is 11.9 Å². The fourth-order valence-electron chi connectivity index (χ4n) is 3.03. The third-order valence-corrected chi connectivity index (χ3v) is 4.50. The minimum absolute atomic E-state index is 0.112. The van der Waals surface area contributed by atoms with Crippen molar-refractivity contribution in [2.45, 2.75) is 24.4 Å². The zero-order valence-electron chi connectivity index (χ0n) is 13.9. The molecule has 0 bridgehead atoms. The maximum absolute atomic E-state index is 11.9. The summed E-state index contributed by atoms with van der Waals surface area (Å²) in [6.07, 6.45) is -0.763. The summed E-state index contributed by atoms with van der Waals surface area (Å²) >= 11 is 0. The number of ether oxygens (including phenoxy) is 4. The van der Waals surface area contributed by atoms with Gasteiger partial charge in [-0.3, -0.25) is 0 Å². The van der Waals surface area contributed by atoms with Crippen LogP contribution in [0.3, 0.4) is 0 Å². The van der Waals surface area contributed by atoms with Crippen LogP contribution in [0.4, 0.5) is 0 Å². The molecule has 2 aromatic carbocycles. The molecule has 2 fully saturated rings. The monoisotopic (exact) mass is 354 g/mol. The van der Waals surface area contributed by atoms with Gasteiger partial charge in [0.25, 0.3) is 0 Å². The van der Waals surface area contributed by atoms with Gasteiger partial charge in [-0.25, -0.2) is 9.59 Å². The lowest BCUT2D eigenvalue weighted by atomic mass is 9.90. The quantitative estimate of drug-likeness (QED) is 0.741. The lowest BCUT2D eigenvalue weighted by Gasteiger charge is -2.56. The third-order valence-electron chi connectivity index (χ3n) is 4.50. The first-order valence-electron chi connectivity index (χ1n) is 8.47. The molecule has 4 atom stereocenters. The molecular weight excluding hydrogens is 336 g/mol. The van der Waals surface area contributed by atoms with E-state index >= 15 is 0 Å². The molecule has 2 aromatic rings. The van der Waals surface area contributed by atoms with Crippen LogP contribution in [0.25, 0.3) is 0 Å². The first-order chi connectivity index (χ1) is 12.7. The predicted octanol–water partition coefficient (Wildman–Crippen LogP) is 2.24. The fraction of sp³-hybridized carbons (Fsp3) is 0.300. The summed E-state index contributed by atoms with van der Waals surface area (Å²) in [5, 5.41) is 0. The number of hydrogen-bond donors (Lipinski definition) is 0. The van der Waals surface area contributed by atoms with Crippen molar-refractivity contribution in [3.8, 4) is 0 Å². The van der Waals surface area contributed by atoms with Crippen LogP contribution >= 0.6 is 0 Å². The van der Waals surface area contributed by atoms with Crippen molar-refractivity contribution in [2.75, 3.05) is 13.2 Å². The van der Waals surface area contributed by atoms with Crippen LogP contribution in [0.5, 0.6) is 0 Å². The van der Waals surface area contributed by atoms with E-state index in [1.165, 1.54) is 0 Å². The van der Waals surface area contributed by atoms with E-state index in [0.29, 0.717) is 11.1 Å². The third kappa shape index (κ3) is 3.34. The molecule has 2 aliphatic heterocycles. The fourth-order valence-corrected chi connectivity index (χ4v) is 3.03. The molecule has 0 saturated carbocycles. The Morgan fingerprint density at radius 2 is 1.08 bits per heavy atom. The van der Waals surface area contributed by atoms with Crippen molar-refractivity contribution in [1.82, 2.24) is 0 Å². The van der Waals surface area contributed by atoms with Gasteiger partial charge in [-0.2, -0.15) is 0 Å². The molecular formula is C20H18O6.